The van der Waals surface area contributed by atoms with E-state index in [2.05, 4.69) is 20.8 Å². The predicted molar refractivity (Wildman–Crippen MR) is 196 cm³/mol. The first-order chi connectivity index (χ1) is 20.8. The molecule has 1 atom stereocenters. The third-order valence-corrected chi connectivity index (χ3v) is 10.2. The molecule has 0 saturated carbocycles. The van der Waals surface area contributed by atoms with Crippen molar-refractivity contribution in [3.8, 4) is 0 Å². The van der Waals surface area contributed by atoms with E-state index in [9.17, 15) is 0 Å². The van der Waals surface area contributed by atoms with Gasteiger partial charge in [-0.15, -0.1) is 0 Å². The van der Waals surface area contributed by atoms with E-state index >= 15 is 0 Å². The second-order valence-electron chi connectivity index (χ2n) is 14.7. The van der Waals surface area contributed by atoms with Crippen LogP contribution in [0.5, 0.6) is 0 Å². The summed E-state index contributed by atoms with van der Waals surface area (Å²) in [6.07, 6.45) is 56.3. The minimum absolute atomic E-state index is 0.947. The molecule has 0 N–H and O–H groups in total. The monoisotopic (exact) mass is 591 g/mol. The van der Waals surface area contributed by atoms with Gasteiger partial charge in [0.25, 0.3) is 0 Å². The topological polar surface area (TPSA) is 0 Å². The molecular weight excluding hydrogens is 504 g/mol. The van der Waals surface area contributed by atoms with Crippen LogP contribution in [0.25, 0.3) is 0 Å². The minimum atomic E-state index is 0.947. The molecule has 0 aliphatic rings. The third-order valence-electron chi connectivity index (χ3n) is 10.2. The summed E-state index contributed by atoms with van der Waals surface area (Å²) in [6.45, 7) is 7.05. The van der Waals surface area contributed by atoms with E-state index in [1.165, 1.54) is 244 Å². The van der Waals surface area contributed by atoms with Crippen molar-refractivity contribution in [3.63, 3.8) is 0 Å². The predicted octanol–water partition coefficient (Wildman–Crippen LogP) is 16.5. The smallest absolute Gasteiger partial charge is 0.0445 e. The minimum Gasteiger partial charge on any atom is -0.0654 e. The Hall–Kier alpha value is 0. The Morgan fingerprint density at radius 3 is 0.571 bits per heavy atom. The maximum Gasteiger partial charge on any atom is -0.0445 e. The number of unbranched alkanes of at least 4 members (excludes halogenated alkanes) is 35. The molecule has 0 aliphatic heterocycles. The average molecular weight is 591 g/mol. The van der Waals surface area contributed by atoms with Gasteiger partial charge in [-0.05, 0) is 5.92 Å². The summed E-state index contributed by atoms with van der Waals surface area (Å²) in [5, 5.41) is 0. The van der Waals surface area contributed by atoms with Crippen LogP contribution in [0.1, 0.15) is 265 Å². The van der Waals surface area contributed by atoms with Gasteiger partial charge in [0.2, 0.25) is 0 Å². The Morgan fingerprint density at radius 1 is 0.238 bits per heavy atom. The Balaban J connectivity index is 3.04. The molecule has 0 bridgehead atoms. The van der Waals surface area contributed by atoms with Crippen molar-refractivity contribution < 1.29 is 0 Å². The second-order valence-corrected chi connectivity index (χ2v) is 14.7. The quantitative estimate of drug-likeness (QED) is 0.0627. The maximum absolute atomic E-state index is 2.41. The number of hydrogen-bond acceptors (Lipinski definition) is 0. The second kappa shape index (κ2) is 39.0. The van der Waals surface area contributed by atoms with Gasteiger partial charge in [-0.25, -0.2) is 0 Å². The summed E-state index contributed by atoms with van der Waals surface area (Å²) in [7, 11) is 0. The first-order valence-electron chi connectivity index (χ1n) is 20.8. The summed E-state index contributed by atoms with van der Waals surface area (Å²) in [6, 6.07) is 0. The molecule has 0 heterocycles. The van der Waals surface area contributed by atoms with E-state index in [0.717, 1.165) is 5.92 Å². The highest BCUT2D eigenvalue weighted by molar-refractivity contribution is 4.54. The summed E-state index contributed by atoms with van der Waals surface area (Å²) >= 11 is 0. The summed E-state index contributed by atoms with van der Waals surface area (Å²) in [5.41, 5.74) is 0. The van der Waals surface area contributed by atoms with Crippen LogP contribution < -0.4 is 0 Å². The normalized spacial score (nSPS) is 12.4. The lowest BCUT2D eigenvalue weighted by molar-refractivity contribution is 0.468. The van der Waals surface area contributed by atoms with Crippen LogP contribution in [0.2, 0.25) is 0 Å². The van der Waals surface area contributed by atoms with E-state index < -0.39 is 0 Å². The fraction of sp³-hybridized carbons (Fsp3) is 1.00. The molecular formula is C42H86. The molecule has 0 saturated heterocycles. The average Bonchev–Trinajstić information content (AvgIpc) is 3.00. The molecule has 1 unspecified atom stereocenters. The van der Waals surface area contributed by atoms with Crippen LogP contribution in [-0.4, -0.2) is 0 Å². The Labute approximate surface area is 270 Å². The first-order valence-corrected chi connectivity index (χ1v) is 20.8. The van der Waals surface area contributed by atoms with Crippen LogP contribution >= 0.6 is 0 Å². The van der Waals surface area contributed by atoms with E-state index in [-0.39, 0.29) is 0 Å². The molecule has 0 rings (SSSR count). The first kappa shape index (κ1) is 42.0. The van der Waals surface area contributed by atoms with Crippen molar-refractivity contribution in [2.24, 2.45) is 5.92 Å². The van der Waals surface area contributed by atoms with E-state index in [1.807, 2.05) is 0 Å². The Kier molecular flexibility index (Phi) is 39.0. The highest BCUT2D eigenvalue weighted by Gasteiger charge is 1.99. The van der Waals surface area contributed by atoms with Crippen LogP contribution in [-0.2, 0) is 0 Å². The van der Waals surface area contributed by atoms with E-state index in [0.29, 0.717) is 0 Å². The van der Waals surface area contributed by atoms with Crippen molar-refractivity contribution in [2.75, 3.05) is 0 Å². The molecule has 0 radical (unpaired) electrons. The molecule has 42 heavy (non-hydrogen) atoms. The molecule has 0 aromatic carbocycles. The fourth-order valence-electron chi connectivity index (χ4n) is 6.78. The van der Waals surface area contributed by atoms with Crippen molar-refractivity contribution in [2.45, 2.75) is 265 Å². The zero-order valence-electron chi connectivity index (χ0n) is 30.4. The number of hydrogen-bond donors (Lipinski definition) is 0. The molecule has 0 amide bonds. The molecule has 0 nitrogen and oxygen atoms in total. The fourth-order valence-corrected chi connectivity index (χ4v) is 6.78. The largest absolute Gasteiger partial charge is 0.0654 e. The zero-order valence-corrected chi connectivity index (χ0v) is 30.4. The van der Waals surface area contributed by atoms with E-state index in [1.54, 1.807) is 0 Å². The van der Waals surface area contributed by atoms with Gasteiger partial charge >= 0.3 is 0 Å². The van der Waals surface area contributed by atoms with Gasteiger partial charge in [0.1, 0.15) is 0 Å². The van der Waals surface area contributed by atoms with Crippen LogP contribution in [0.4, 0.5) is 0 Å². The van der Waals surface area contributed by atoms with Gasteiger partial charge in [0.15, 0.2) is 0 Å². The molecule has 0 spiro atoms. The van der Waals surface area contributed by atoms with Crippen molar-refractivity contribution in [1.29, 1.82) is 0 Å². The number of rotatable bonds is 38. The molecule has 0 aromatic heterocycles. The molecule has 0 fully saturated rings. The SMILES string of the molecule is CCCCCCCCCCCCCCCCCCCCCCCCCCCCCCCCCCCCCCC(C)CC. The van der Waals surface area contributed by atoms with Gasteiger partial charge in [0.05, 0.1) is 0 Å². The van der Waals surface area contributed by atoms with Crippen molar-refractivity contribution in [1.82, 2.24) is 0 Å². The lowest BCUT2D eigenvalue weighted by atomic mass is 9.99. The highest BCUT2D eigenvalue weighted by Crippen LogP contribution is 2.18. The zero-order chi connectivity index (χ0) is 30.4. The Bertz CT molecular complexity index is 439. The Morgan fingerprint density at radius 2 is 0.405 bits per heavy atom. The van der Waals surface area contributed by atoms with Crippen molar-refractivity contribution in [3.05, 3.63) is 0 Å². The molecule has 0 aliphatic carbocycles. The summed E-state index contributed by atoms with van der Waals surface area (Å²) < 4.78 is 0. The standard InChI is InChI=1S/C42H86/c1-4-6-7-8-9-10-11-12-13-14-15-16-17-18-19-20-21-22-23-24-25-26-27-28-29-30-31-32-33-34-35-36-37-38-39-40-41-42(3)5-2/h42H,4-41H2,1-3H3. The lowest BCUT2D eigenvalue weighted by Crippen LogP contribution is -1.91. The molecule has 0 aromatic rings. The van der Waals surface area contributed by atoms with Crippen LogP contribution in [0.15, 0.2) is 0 Å². The molecule has 0 heteroatoms. The van der Waals surface area contributed by atoms with Crippen LogP contribution in [0, 0.1) is 5.92 Å². The van der Waals surface area contributed by atoms with Gasteiger partial charge in [0, 0.05) is 0 Å². The maximum atomic E-state index is 2.41. The van der Waals surface area contributed by atoms with Gasteiger partial charge in [-0.1, -0.05) is 265 Å². The highest BCUT2D eigenvalue weighted by atomic mass is 14.1. The third kappa shape index (κ3) is 38.0. The van der Waals surface area contributed by atoms with Gasteiger partial charge in [-0.3, -0.25) is 0 Å². The van der Waals surface area contributed by atoms with Crippen LogP contribution in [0.3, 0.4) is 0 Å². The van der Waals surface area contributed by atoms with Crippen molar-refractivity contribution >= 4 is 0 Å². The summed E-state index contributed by atoms with van der Waals surface area (Å²) in [4.78, 5) is 0. The molecule has 254 valence electrons. The van der Waals surface area contributed by atoms with Gasteiger partial charge in [-0.2, -0.15) is 0 Å². The lowest BCUT2D eigenvalue weighted by Gasteiger charge is -2.07. The summed E-state index contributed by atoms with van der Waals surface area (Å²) in [5.74, 6) is 0.947. The van der Waals surface area contributed by atoms with Gasteiger partial charge < -0.3 is 0 Å². The van der Waals surface area contributed by atoms with E-state index in [4.69, 9.17) is 0 Å².